The number of rotatable bonds is 10. The normalized spacial score (nSPS) is 28.5. The van der Waals surface area contributed by atoms with E-state index >= 15 is 0 Å². The van der Waals surface area contributed by atoms with Crippen LogP contribution in [0.15, 0.2) is 78.9 Å². The Morgan fingerprint density at radius 3 is 2.26 bits per heavy atom. The summed E-state index contributed by atoms with van der Waals surface area (Å²) >= 11 is 0. The highest BCUT2D eigenvalue weighted by Crippen LogP contribution is 2.64. The largest absolute Gasteiger partial charge is 0.489 e. The zero-order valence-corrected chi connectivity index (χ0v) is 26.2. The maximum Gasteiger partial charge on any atom is 0.120 e. The molecule has 3 aromatic rings. The Labute approximate surface area is 254 Å². The first-order valence-corrected chi connectivity index (χ1v) is 16.4. The average molecular weight is 567 g/mol. The summed E-state index contributed by atoms with van der Waals surface area (Å²) < 4.78 is 19.2. The lowest BCUT2D eigenvalue weighted by molar-refractivity contribution is -0.0891. The van der Waals surface area contributed by atoms with Gasteiger partial charge in [0.1, 0.15) is 12.4 Å². The van der Waals surface area contributed by atoms with Gasteiger partial charge in [-0.3, -0.25) is 0 Å². The maximum atomic E-state index is 6.77. The smallest absolute Gasteiger partial charge is 0.120 e. The van der Waals surface area contributed by atoms with Crippen molar-refractivity contribution in [2.24, 2.45) is 23.2 Å². The van der Waals surface area contributed by atoms with Crippen molar-refractivity contribution in [2.45, 2.75) is 103 Å². The predicted molar refractivity (Wildman–Crippen MR) is 171 cm³/mol. The third-order valence-electron chi connectivity index (χ3n) is 10.5. The molecule has 6 atom stereocenters. The minimum Gasteiger partial charge on any atom is -0.489 e. The fraction of sp³-hybridized carbons (Fsp3) is 0.538. The summed E-state index contributed by atoms with van der Waals surface area (Å²) in [6, 6.07) is 28.2. The lowest BCUT2D eigenvalue weighted by Gasteiger charge is -2.54. The molecule has 1 unspecified atom stereocenters. The van der Waals surface area contributed by atoms with Gasteiger partial charge in [0, 0.05) is 6.61 Å². The van der Waals surface area contributed by atoms with Crippen molar-refractivity contribution in [3.63, 3.8) is 0 Å². The van der Waals surface area contributed by atoms with Gasteiger partial charge in [-0.25, -0.2) is 0 Å². The van der Waals surface area contributed by atoms with Crippen molar-refractivity contribution in [1.82, 2.24) is 0 Å². The summed E-state index contributed by atoms with van der Waals surface area (Å²) in [5, 5.41) is 0. The van der Waals surface area contributed by atoms with Crippen LogP contribution < -0.4 is 4.74 Å². The Hall–Kier alpha value is -2.62. The molecule has 0 aliphatic heterocycles. The van der Waals surface area contributed by atoms with Crippen LogP contribution >= 0.6 is 0 Å². The molecule has 0 aromatic heterocycles. The van der Waals surface area contributed by atoms with Crippen molar-refractivity contribution in [3.8, 4) is 5.75 Å². The van der Waals surface area contributed by atoms with Gasteiger partial charge in [0.05, 0.1) is 18.3 Å². The Balaban J connectivity index is 1.21. The summed E-state index contributed by atoms with van der Waals surface area (Å²) in [5.41, 5.74) is 5.76. The molecule has 0 saturated heterocycles. The Morgan fingerprint density at radius 1 is 0.833 bits per heavy atom. The van der Waals surface area contributed by atoms with Gasteiger partial charge in [-0.1, -0.05) is 73.7 Å². The van der Waals surface area contributed by atoms with Gasteiger partial charge in [0.15, 0.2) is 0 Å². The zero-order valence-electron chi connectivity index (χ0n) is 26.2. The fourth-order valence-corrected chi connectivity index (χ4v) is 8.70. The van der Waals surface area contributed by atoms with Gasteiger partial charge in [-0.2, -0.15) is 0 Å². The van der Waals surface area contributed by atoms with Crippen molar-refractivity contribution in [3.05, 3.63) is 101 Å². The SMILES string of the molecule is CC(C)(C)OCCC[C@H]1C[C@]2(C)C(OCc3ccccc3)CC[C@H]2[C@@H]2CCc3cc(OCc4ccccc4)ccc3[C@@H]12. The lowest BCUT2D eigenvalue weighted by atomic mass is 9.51. The zero-order chi connectivity index (χ0) is 29.2. The number of fused-ring (bicyclic) bond motifs is 5. The van der Waals surface area contributed by atoms with Crippen molar-refractivity contribution in [2.75, 3.05) is 6.61 Å². The Kier molecular flexibility index (Phi) is 8.80. The molecule has 3 aromatic carbocycles. The number of aryl methyl sites for hydroxylation is 1. The van der Waals surface area contributed by atoms with Crippen molar-refractivity contribution >= 4 is 0 Å². The van der Waals surface area contributed by atoms with Gasteiger partial charge >= 0.3 is 0 Å². The third kappa shape index (κ3) is 6.48. The van der Waals surface area contributed by atoms with Crippen LogP contribution in [-0.2, 0) is 29.1 Å². The van der Waals surface area contributed by atoms with Crippen LogP contribution in [0.25, 0.3) is 0 Å². The first kappa shape index (κ1) is 29.5. The van der Waals surface area contributed by atoms with Crippen molar-refractivity contribution in [1.29, 1.82) is 0 Å². The van der Waals surface area contributed by atoms with Gasteiger partial charge in [-0.15, -0.1) is 0 Å². The van der Waals surface area contributed by atoms with Gasteiger partial charge < -0.3 is 14.2 Å². The molecule has 0 amide bonds. The quantitative estimate of drug-likeness (QED) is 0.229. The van der Waals surface area contributed by atoms with E-state index in [0.717, 1.165) is 43.6 Å². The first-order valence-electron chi connectivity index (χ1n) is 16.4. The molecule has 3 heteroatoms. The van der Waals surface area contributed by atoms with Crippen LogP contribution in [0.2, 0.25) is 0 Å². The molecule has 2 fully saturated rings. The van der Waals surface area contributed by atoms with E-state index in [1.807, 2.05) is 0 Å². The molecule has 6 rings (SSSR count). The molecule has 0 heterocycles. The summed E-state index contributed by atoms with van der Waals surface area (Å²) in [5.74, 6) is 3.73. The number of hydrogen-bond donors (Lipinski definition) is 0. The number of ether oxygens (including phenoxy) is 3. The van der Waals surface area contributed by atoms with Crippen LogP contribution in [0.1, 0.15) is 94.4 Å². The molecule has 3 aliphatic carbocycles. The molecule has 3 nitrogen and oxygen atoms in total. The molecular weight excluding hydrogens is 516 g/mol. The first-order chi connectivity index (χ1) is 20.3. The molecule has 224 valence electrons. The number of hydrogen-bond acceptors (Lipinski definition) is 3. The van der Waals surface area contributed by atoms with E-state index in [2.05, 4.69) is 107 Å². The summed E-state index contributed by atoms with van der Waals surface area (Å²) in [4.78, 5) is 0. The van der Waals surface area contributed by atoms with E-state index in [1.54, 1.807) is 5.56 Å². The average Bonchev–Trinajstić information content (AvgIpc) is 3.33. The van der Waals surface area contributed by atoms with Gasteiger partial charge in [-0.05, 0) is 129 Å². The maximum absolute atomic E-state index is 6.77. The second-order valence-electron chi connectivity index (χ2n) is 14.4. The van der Waals surface area contributed by atoms with E-state index in [-0.39, 0.29) is 11.0 Å². The highest BCUT2D eigenvalue weighted by atomic mass is 16.5. The summed E-state index contributed by atoms with van der Waals surface area (Å²) in [6.07, 6.45) is 8.85. The molecular formula is C39H50O3. The molecule has 0 bridgehead atoms. The van der Waals surface area contributed by atoms with Crippen LogP contribution in [0, 0.1) is 23.2 Å². The molecule has 0 spiro atoms. The highest BCUT2D eigenvalue weighted by molar-refractivity contribution is 5.41. The monoisotopic (exact) mass is 566 g/mol. The van der Waals surface area contributed by atoms with Crippen LogP contribution in [0.3, 0.4) is 0 Å². The lowest BCUT2D eigenvalue weighted by Crippen LogP contribution is -2.48. The van der Waals surface area contributed by atoms with E-state index < -0.39 is 0 Å². The predicted octanol–water partition coefficient (Wildman–Crippen LogP) is 9.53. The van der Waals surface area contributed by atoms with Gasteiger partial charge in [0.25, 0.3) is 0 Å². The molecule has 0 N–H and O–H groups in total. The van der Waals surface area contributed by atoms with Gasteiger partial charge in [0.2, 0.25) is 0 Å². The van der Waals surface area contributed by atoms with Crippen LogP contribution in [-0.4, -0.2) is 18.3 Å². The Bertz CT molecular complexity index is 1300. The standard InChI is InChI=1S/C39H50O3/c1-38(2,3)42-23-11-16-31-25-39(4)35(21-22-36(39)41-27-29-14-9-6-10-15-29)34-19-17-30-24-32(18-20-33(30)37(31)34)40-26-28-12-7-5-8-13-28/h5-10,12-15,18,20,24,31,34-37H,11,16-17,19,21-23,25-27H2,1-4H3/t31-,34-,35-,36?,37+,39-/m0/s1. The van der Waals surface area contributed by atoms with Crippen molar-refractivity contribution < 1.29 is 14.2 Å². The van der Waals surface area contributed by atoms with E-state index in [9.17, 15) is 0 Å². The number of benzene rings is 3. The summed E-state index contributed by atoms with van der Waals surface area (Å²) in [7, 11) is 0. The minimum atomic E-state index is -0.0818. The van der Waals surface area contributed by atoms with E-state index in [0.29, 0.717) is 24.5 Å². The van der Waals surface area contributed by atoms with Crippen LogP contribution in [0.5, 0.6) is 5.75 Å². The second kappa shape index (κ2) is 12.5. The third-order valence-corrected chi connectivity index (χ3v) is 10.5. The molecule has 0 radical (unpaired) electrons. The molecule has 2 saturated carbocycles. The fourth-order valence-electron chi connectivity index (χ4n) is 8.70. The Morgan fingerprint density at radius 2 is 1.55 bits per heavy atom. The topological polar surface area (TPSA) is 27.7 Å². The summed E-state index contributed by atoms with van der Waals surface area (Å²) in [6.45, 7) is 11.2. The second-order valence-corrected chi connectivity index (χ2v) is 14.4. The van der Waals surface area contributed by atoms with Crippen LogP contribution in [0.4, 0.5) is 0 Å². The van der Waals surface area contributed by atoms with E-state index in [1.165, 1.54) is 48.8 Å². The minimum absolute atomic E-state index is 0.0818. The molecule has 3 aliphatic rings. The van der Waals surface area contributed by atoms with E-state index in [4.69, 9.17) is 14.2 Å². The highest BCUT2D eigenvalue weighted by Gasteiger charge is 2.58. The molecule has 42 heavy (non-hydrogen) atoms.